The van der Waals surface area contributed by atoms with E-state index in [1.54, 1.807) is 29.1 Å². The minimum atomic E-state index is -0.139. The van der Waals surface area contributed by atoms with E-state index in [0.717, 1.165) is 11.1 Å². The van der Waals surface area contributed by atoms with E-state index in [0.29, 0.717) is 41.1 Å². The quantitative estimate of drug-likeness (QED) is 0.366. The molecule has 4 aromatic rings. The van der Waals surface area contributed by atoms with Gasteiger partial charge >= 0.3 is 0 Å². The van der Waals surface area contributed by atoms with Crippen molar-refractivity contribution >= 4 is 34.4 Å². The number of hydrogen-bond acceptors (Lipinski definition) is 7. The molecule has 3 heterocycles. The summed E-state index contributed by atoms with van der Waals surface area (Å²) < 4.78 is 12.9. The second-order valence-corrected chi connectivity index (χ2v) is 8.40. The SMILES string of the molecule is Cc1ccc(-n2ncc3c(SCC(=O)Nc4ccc5c(c4)OCCO5)ncnc32)cc1C. The number of amides is 1. The molecule has 32 heavy (non-hydrogen) atoms. The lowest BCUT2D eigenvalue weighted by molar-refractivity contribution is -0.113. The molecule has 0 unspecified atom stereocenters. The van der Waals surface area contributed by atoms with E-state index in [-0.39, 0.29) is 11.7 Å². The first-order chi connectivity index (χ1) is 15.6. The fraction of sp³-hybridized carbons (Fsp3) is 0.217. The smallest absolute Gasteiger partial charge is 0.234 e. The number of thioether (sulfide) groups is 1. The van der Waals surface area contributed by atoms with E-state index in [1.807, 2.05) is 6.07 Å². The number of nitrogens with one attached hydrogen (secondary N) is 1. The van der Waals surface area contributed by atoms with Crippen molar-refractivity contribution in [3.8, 4) is 17.2 Å². The van der Waals surface area contributed by atoms with E-state index in [4.69, 9.17) is 9.47 Å². The summed E-state index contributed by atoms with van der Waals surface area (Å²) in [4.78, 5) is 21.3. The number of carbonyl (C=O) groups excluding carboxylic acids is 1. The lowest BCUT2D eigenvalue weighted by Gasteiger charge is -2.19. The van der Waals surface area contributed by atoms with Crippen molar-refractivity contribution in [1.29, 1.82) is 0 Å². The summed E-state index contributed by atoms with van der Waals surface area (Å²) in [6.07, 6.45) is 3.24. The normalized spacial score (nSPS) is 12.7. The number of aryl methyl sites for hydroxylation is 2. The standard InChI is InChI=1S/C23H21N5O3S/c1-14-3-5-17(9-15(14)2)28-22-18(11-26-28)23(25-13-24-22)32-12-21(29)27-16-4-6-19-20(10-16)31-8-7-30-19/h3-6,9-11,13H,7-8,12H2,1-2H3,(H,27,29). The molecular weight excluding hydrogens is 426 g/mol. The number of hydrogen-bond donors (Lipinski definition) is 1. The first-order valence-electron chi connectivity index (χ1n) is 10.2. The lowest BCUT2D eigenvalue weighted by atomic mass is 10.1. The van der Waals surface area contributed by atoms with E-state index in [9.17, 15) is 4.79 Å². The Kier molecular flexibility index (Phi) is 5.40. The summed E-state index contributed by atoms with van der Waals surface area (Å²) in [5.74, 6) is 1.39. The maximum atomic E-state index is 12.5. The van der Waals surface area contributed by atoms with Gasteiger partial charge in [-0.2, -0.15) is 5.10 Å². The molecule has 5 rings (SSSR count). The molecule has 9 heteroatoms. The molecule has 1 amide bonds. The van der Waals surface area contributed by atoms with Crippen LogP contribution in [0.3, 0.4) is 0 Å². The minimum Gasteiger partial charge on any atom is -0.486 e. The van der Waals surface area contributed by atoms with Crippen molar-refractivity contribution < 1.29 is 14.3 Å². The van der Waals surface area contributed by atoms with Crippen molar-refractivity contribution in [1.82, 2.24) is 19.7 Å². The number of aromatic nitrogens is 4. The van der Waals surface area contributed by atoms with Crippen LogP contribution < -0.4 is 14.8 Å². The molecule has 0 fully saturated rings. The van der Waals surface area contributed by atoms with Crippen LogP contribution in [0.1, 0.15) is 11.1 Å². The van der Waals surface area contributed by atoms with Gasteiger partial charge < -0.3 is 14.8 Å². The van der Waals surface area contributed by atoms with E-state index >= 15 is 0 Å². The highest BCUT2D eigenvalue weighted by atomic mass is 32.2. The predicted octanol–water partition coefficient (Wildman–Crippen LogP) is 3.93. The molecule has 162 valence electrons. The van der Waals surface area contributed by atoms with Crippen LogP contribution in [0.4, 0.5) is 5.69 Å². The van der Waals surface area contributed by atoms with Crippen LogP contribution in [-0.4, -0.2) is 44.6 Å². The van der Waals surface area contributed by atoms with Gasteiger partial charge in [0.25, 0.3) is 0 Å². The Balaban J connectivity index is 1.31. The van der Waals surface area contributed by atoms with Crippen molar-refractivity contribution in [2.45, 2.75) is 18.9 Å². The average molecular weight is 448 g/mol. The number of anilines is 1. The summed E-state index contributed by atoms with van der Waals surface area (Å²) in [7, 11) is 0. The zero-order valence-electron chi connectivity index (χ0n) is 17.7. The Morgan fingerprint density at radius 3 is 2.75 bits per heavy atom. The Morgan fingerprint density at radius 1 is 1.06 bits per heavy atom. The van der Waals surface area contributed by atoms with E-state index in [1.165, 1.54) is 29.2 Å². The topological polar surface area (TPSA) is 91.2 Å². The third-order valence-electron chi connectivity index (χ3n) is 5.23. The highest BCUT2D eigenvalue weighted by molar-refractivity contribution is 8.00. The second kappa shape index (κ2) is 8.51. The Labute approximate surface area is 189 Å². The largest absolute Gasteiger partial charge is 0.486 e. The maximum Gasteiger partial charge on any atom is 0.234 e. The number of nitrogens with zero attached hydrogens (tertiary/aromatic N) is 4. The molecule has 8 nitrogen and oxygen atoms in total. The summed E-state index contributed by atoms with van der Waals surface area (Å²) in [5, 5.41) is 8.92. The van der Waals surface area contributed by atoms with Gasteiger partial charge in [-0.25, -0.2) is 14.6 Å². The van der Waals surface area contributed by atoms with Crippen molar-refractivity contribution in [2.75, 3.05) is 24.3 Å². The van der Waals surface area contributed by atoms with Crippen LogP contribution in [0.25, 0.3) is 16.7 Å². The van der Waals surface area contributed by atoms with Crippen LogP contribution >= 0.6 is 11.8 Å². The minimum absolute atomic E-state index is 0.139. The highest BCUT2D eigenvalue weighted by Gasteiger charge is 2.15. The molecule has 0 radical (unpaired) electrons. The van der Waals surface area contributed by atoms with Gasteiger partial charge in [0, 0.05) is 11.8 Å². The fourth-order valence-electron chi connectivity index (χ4n) is 3.44. The number of carbonyl (C=O) groups is 1. The second-order valence-electron chi connectivity index (χ2n) is 7.44. The summed E-state index contributed by atoms with van der Waals surface area (Å²) in [6.45, 7) is 5.18. The molecule has 0 atom stereocenters. The maximum absolute atomic E-state index is 12.5. The predicted molar refractivity (Wildman–Crippen MR) is 123 cm³/mol. The van der Waals surface area contributed by atoms with Gasteiger partial charge in [-0.3, -0.25) is 4.79 Å². The van der Waals surface area contributed by atoms with Crippen molar-refractivity contribution in [3.63, 3.8) is 0 Å². The van der Waals surface area contributed by atoms with Gasteiger partial charge in [0.05, 0.1) is 23.0 Å². The molecule has 2 aromatic carbocycles. The van der Waals surface area contributed by atoms with Gasteiger partial charge in [-0.1, -0.05) is 17.8 Å². The van der Waals surface area contributed by atoms with Crippen molar-refractivity contribution in [3.05, 3.63) is 60.0 Å². The van der Waals surface area contributed by atoms with Gasteiger partial charge in [0.15, 0.2) is 17.1 Å². The number of fused-ring (bicyclic) bond motifs is 2. The van der Waals surface area contributed by atoms with Gasteiger partial charge in [0.2, 0.25) is 5.91 Å². The molecule has 2 aromatic heterocycles. The Bertz CT molecular complexity index is 1320. The summed E-state index contributed by atoms with van der Waals surface area (Å²) in [5.41, 5.74) is 4.72. The summed E-state index contributed by atoms with van der Waals surface area (Å²) >= 11 is 1.35. The first kappa shape index (κ1) is 20.3. The third-order valence-corrected chi connectivity index (χ3v) is 6.24. The Morgan fingerprint density at radius 2 is 1.91 bits per heavy atom. The van der Waals surface area contributed by atoms with Crippen molar-refractivity contribution in [2.24, 2.45) is 0 Å². The molecule has 1 aliphatic rings. The molecule has 0 bridgehead atoms. The number of ether oxygens (including phenoxy) is 2. The van der Waals surface area contributed by atoms with Gasteiger partial charge in [-0.05, 0) is 49.2 Å². The van der Waals surface area contributed by atoms with E-state index < -0.39 is 0 Å². The first-order valence-corrected chi connectivity index (χ1v) is 11.2. The number of benzene rings is 2. The average Bonchev–Trinajstić information content (AvgIpc) is 3.24. The molecule has 0 saturated heterocycles. The third kappa shape index (κ3) is 3.99. The van der Waals surface area contributed by atoms with E-state index in [2.05, 4.69) is 46.4 Å². The number of rotatable bonds is 5. The molecule has 0 saturated carbocycles. The van der Waals surface area contributed by atoms with Crippen LogP contribution in [0, 0.1) is 13.8 Å². The fourth-order valence-corrected chi connectivity index (χ4v) is 4.20. The van der Waals surface area contributed by atoms with Crippen LogP contribution in [0.5, 0.6) is 11.5 Å². The van der Waals surface area contributed by atoms with Crippen LogP contribution in [-0.2, 0) is 4.79 Å². The lowest BCUT2D eigenvalue weighted by Crippen LogP contribution is -2.17. The zero-order valence-corrected chi connectivity index (χ0v) is 18.5. The molecule has 1 aliphatic heterocycles. The zero-order chi connectivity index (χ0) is 22.1. The van der Waals surface area contributed by atoms with Gasteiger partial charge in [-0.15, -0.1) is 0 Å². The Hall–Kier alpha value is -3.59. The molecule has 0 spiro atoms. The molecular formula is C23H21N5O3S. The molecule has 0 aliphatic carbocycles. The highest BCUT2D eigenvalue weighted by Crippen LogP contribution is 2.33. The monoisotopic (exact) mass is 447 g/mol. The molecule has 1 N–H and O–H groups in total. The van der Waals surface area contributed by atoms with Gasteiger partial charge in [0.1, 0.15) is 24.6 Å². The van der Waals surface area contributed by atoms with Crippen LogP contribution in [0.15, 0.2) is 53.9 Å². The van der Waals surface area contributed by atoms with Crippen LogP contribution in [0.2, 0.25) is 0 Å². The summed E-state index contributed by atoms with van der Waals surface area (Å²) in [6, 6.07) is 11.5.